The summed E-state index contributed by atoms with van der Waals surface area (Å²) in [5.41, 5.74) is 5.09. The molecule has 0 bridgehead atoms. The first kappa shape index (κ1) is 54.5. The number of aliphatic carboxylic acids is 1. The quantitative estimate of drug-likeness (QED) is 0.101. The molecular weight excluding hydrogens is 861 g/mol. The largest absolute Gasteiger partial charge is 0.493 e. The Balaban J connectivity index is 0.000000249. The summed E-state index contributed by atoms with van der Waals surface area (Å²) >= 11 is 0. The van der Waals surface area contributed by atoms with Crippen molar-refractivity contribution in [3.8, 4) is 23.0 Å². The van der Waals surface area contributed by atoms with E-state index in [4.69, 9.17) is 33.5 Å². The Bertz CT molecular complexity index is 2030. The van der Waals surface area contributed by atoms with E-state index >= 15 is 0 Å². The standard InChI is InChI=1S/C26H37NO6.C19H29NO3.C7H10O4/c1-16(2)11-19-15-27-10-9-18-12-23(30-5)24(31-6)13-20(18)21(27)14-22(19)33-26(29)8-7-25(28)32-17(3)4;1-12(2)7-14-11-20-6-5-13-8-18(22-3)19(23-4)9-15(13)16(20)10-17(14)21;1-5(2)11-7(10)4-3-6(8)9/h7-8,12-13,16-17,19,21-22H,9-11,14-15H2,1-6H3;8-9,12,14,16-17,21H,5-7,10-11H2,1-4H3;3-5H,1-2H3,(H,8,9)/b8-7+;;4-3+/t19-,21-,22-;14-,16-,17-;/m11./s1. The molecule has 4 aliphatic heterocycles. The van der Waals surface area contributed by atoms with E-state index in [1.807, 2.05) is 0 Å². The van der Waals surface area contributed by atoms with E-state index in [0.29, 0.717) is 36.0 Å². The van der Waals surface area contributed by atoms with Crippen molar-refractivity contribution in [2.45, 2.75) is 130 Å². The van der Waals surface area contributed by atoms with Crippen molar-refractivity contribution < 1.29 is 62.5 Å². The lowest BCUT2D eigenvalue weighted by Crippen LogP contribution is -2.49. The van der Waals surface area contributed by atoms with Gasteiger partial charge in [-0.3, -0.25) is 9.80 Å². The molecule has 0 spiro atoms. The van der Waals surface area contributed by atoms with Crippen molar-refractivity contribution in [1.82, 2.24) is 9.80 Å². The minimum Gasteiger partial charge on any atom is -0.493 e. The maximum absolute atomic E-state index is 12.6. The molecule has 372 valence electrons. The Kier molecular flexibility index (Phi) is 21.0. The third-order valence-electron chi connectivity index (χ3n) is 12.4. The van der Waals surface area contributed by atoms with E-state index in [0.717, 1.165) is 93.8 Å². The van der Waals surface area contributed by atoms with E-state index in [-0.39, 0.29) is 36.4 Å². The zero-order chi connectivity index (χ0) is 49.5. The highest BCUT2D eigenvalue weighted by molar-refractivity contribution is 5.92. The van der Waals surface area contributed by atoms with Gasteiger partial charge in [-0.25, -0.2) is 19.2 Å². The number of piperidine rings is 2. The fourth-order valence-electron chi connectivity index (χ4n) is 9.65. The van der Waals surface area contributed by atoms with Crippen molar-refractivity contribution >= 4 is 23.9 Å². The lowest BCUT2D eigenvalue weighted by molar-refractivity contribution is -0.152. The molecule has 0 amide bonds. The van der Waals surface area contributed by atoms with Gasteiger partial charge in [-0.2, -0.15) is 0 Å². The van der Waals surface area contributed by atoms with Crippen molar-refractivity contribution in [2.75, 3.05) is 54.6 Å². The number of nitrogens with zero attached hydrogens (tertiary/aromatic N) is 2. The first-order valence-corrected chi connectivity index (χ1v) is 23.6. The summed E-state index contributed by atoms with van der Waals surface area (Å²) in [6, 6.07) is 8.80. The Labute approximate surface area is 397 Å². The zero-order valence-electron chi connectivity index (χ0n) is 41.7. The van der Waals surface area contributed by atoms with Gasteiger partial charge < -0.3 is 43.4 Å². The van der Waals surface area contributed by atoms with Crippen LogP contribution in [0, 0.1) is 23.7 Å². The number of ether oxygens (including phenoxy) is 7. The number of fused-ring (bicyclic) bond motifs is 6. The van der Waals surface area contributed by atoms with Crippen LogP contribution in [0.5, 0.6) is 23.0 Å². The van der Waals surface area contributed by atoms with Crippen LogP contribution in [0.25, 0.3) is 0 Å². The van der Waals surface area contributed by atoms with Gasteiger partial charge >= 0.3 is 23.9 Å². The molecule has 15 heteroatoms. The number of hydrogen-bond donors (Lipinski definition) is 2. The third-order valence-corrected chi connectivity index (χ3v) is 12.4. The number of methoxy groups -OCH3 is 4. The number of carbonyl (C=O) groups is 4. The highest BCUT2D eigenvalue weighted by atomic mass is 16.6. The van der Waals surface area contributed by atoms with Crippen molar-refractivity contribution in [3.05, 3.63) is 70.8 Å². The van der Waals surface area contributed by atoms with Gasteiger partial charge in [0.15, 0.2) is 23.0 Å². The lowest BCUT2D eigenvalue weighted by atomic mass is 9.79. The SMILES string of the molecule is CC(C)OC(=O)/C=C/C(=O)O.COc1cc2c(cc1OC)[C@H]1C[C@@H](O)[C@H](CC(C)C)CN1CC2.COc1cc2c(cc1OC)[C@H]1C[C@@H](OC(=O)/C=C/C(=O)OC(C)C)[C@H](CC(C)C)CN1CC2. The third kappa shape index (κ3) is 16.0. The summed E-state index contributed by atoms with van der Waals surface area (Å²) in [5.74, 6) is 1.94. The molecule has 0 radical (unpaired) electrons. The fourth-order valence-corrected chi connectivity index (χ4v) is 9.65. The van der Waals surface area contributed by atoms with Crippen LogP contribution in [0.15, 0.2) is 48.6 Å². The highest BCUT2D eigenvalue weighted by Gasteiger charge is 2.42. The molecule has 0 aliphatic carbocycles. The first-order chi connectivity index (χ1) is 31.8. The molecule has 4 aliphatic rings. The minimum absolute atomic E-state index is 0.143. The number of benzene rings is 2. The molecule has 4 heterocycles. The van der Waals surface area contributed by atoms with E-state index in [1.165, 1.54) is 28.3 Å². The van der Waals surface area contributed by atoms with Gasteiger partial charge in [0.2, 0.25) is 0 Å². The molecule has 6 rings (SSSR count). The van der Waals surface area contributed by atoms with Crippen LogP contribution < -0.4 is 18.9 Å². The number of hydrogen-bond acceptors (Lipinski definition) is 14. The van der Waals surface area contributed by atoms with Crippen molar-refractivity contribution in [1.29, 1.82) is 0 Å². The molecule has 0 unspecified atom stereocenters. The Morgan fingerprint density at radius 1 is 0.597 bits per heavy atom. The number of aliphatic hydroxyl groups is 1. The second-order valence-electron chi connectivity index (χ2n) is 19.1. The number of carboxylic acids is 1. The van der Waals surface area contributed by atoms with Gasteiger partial charge in [-0.1, -0.05) is 27.7 Å². The monoisotopic (exact) mass is 937 g/mol. The van der Waals surface area contributed by atoms with Gasteiger partial charge in [0.25, 0.3) is 0 Å². The van der Waals surface area contributed by atoms with Crippen molar-refractivity contribution in [3.63, 3.8) is 0 Å². The Hall–Kier alpha value is -5.12. The summed E-state index contributed by atoms with van der Waals surface area (Å²) in [4.78, 5) is 49.8. The smallest absolute Gasteiger partial charge is 0.331 e. The van der Waals surface area contributed by atoms with Crippen LogP contribution in [0.2, 0.25) is 0 Å². The fraction of sp³-hybridized carbons (Fsp3) is 0.615. The lowest BCUT2D eigenvalue weighted by Gasteiger charge is -2.47. The van der Waals surface area contributed by atoms with Gasteiger partial charge in [0.1, 0.15) is 6.10 Å². The summed E-state index contributed by atoms with van der Waals surface area (Å²) in [6.07, 6.45) is 8.62. The van der Waals surface area contributed by atoms with Crippen LogP contribution in [0.3, 0.4) is 0 Å². The predicted octanol–water partition coefficient (Wildman–Crippen LogP) is 7.70. The molecule has 67 heavy (non-hydrogen) atoms. The average molecular weight is 937 g/mol. The first-order valence-electron chi connectivity index (χ1n) is 23.6. The average Bonchev–Trinajstić information content (AvgIpc) is 3.26. The number of esters is 3. The number of carbonyl (C=O) groups excluding carboxylic acids is 3. The molecule has 2 aromatic rings. The molecule has 2 saturated heterocycles. The molecule has 2 aromatic carbocycles. The van der Waals surface area contributed by atoms with Crippen LogP contribution in [0.1, 0.15) is 115 Å². The second-order valence-corrected chi connectivity index (χ2v) is 19.1. The summed E-state index contributed by atoms with van der Waals surface area (Å²) in [7, 11) is 6.65. The zero-order valence-corrected chi connectivity index (χ0v) is 41.7. The van der Waals surface area contributed by atoms with Crippen LogP contribution >= 0.6 is 0 Å². The highest BCUT2D eigenvalue weighted by Crippen LogP contribution is 2.46. The Morgan fingerprint density at radius 3 is 1.43 bits per heavy atom. The van der Waals surface area contributed by atoms with Gasteiger partial charge in [-0.15, -0.1) is 0 Å². The molecule has 2 fully saturated rings. The number of rotatable bonds is 15. The topological polar surface area (TPSA) is 180 Å². The van der Waals surface area contributed by atoms with E-state index in [9.17, 15) is 24.3 Å². The maximum atomic E-state index is 12.6. The predicted molar refractivity (Wildman–Crippen MR) is 255 cm³/mol. The summed E-state index contributed by atoms with van der Waals surface area (Å²) in [5, 5.41) is 18.7. The molecule has 2 N–H and O–H groups in total. The second kappa shape index (κ2) is 25.9. The minimum atomic E-state index is -1.16. The number of carboxylic acid groups (broad SMARTS) is 1. The van der Waals surface area contributed by atoms with Crippen LogP contribution in [0.4, 0.5) is 0 Å². The van der Waals surface area contributed by atoms with Gasteiger partial charge in [-0.05, 0) is 124 Å². The summed E-state index contributed by atoms with van der Waals surface area (Å²) < 4.78 is 37.5. The number of aliphatic hydroxyl groups excluding tert-OH is 1. The molecule has 15 nitrogen and oxygen atoms in total. The molecule has 0 saturated carbocycles. The van der Waals surface area contributed by atoms with E-state index < -0.39 is 23.9 Å². The molecule has 0 aromatic heterocycles. The maximum Gasteiger partial charge on any atom is 0.331 e. The van der Waals surface area contributed by atoms with Crippen LogP contribution in [-0.4, -0.2) is 123 Å². The van der Waals surface area contributed by atoms with Crippen molar-refractivity contribution in [2.24, 2.45) is 23.7 Å². The summed E-state index contributed by atoms with van der Waals surface area (Å²) in [6.45, 7) is 19.7. The molecular formula is C52H76N2O13. The van der Waals surface area contributed by atoms with E-state index in [2.05, 4.69) is 66.5 Å². The van der Waals surface area contributed by atoms with Crippen LogP contribution in [-0.2, 0) is 46.2 Å². The Morgan fingerprint density at radius 2 is 1.00 bits per heavy atom. The van der Waals surface area contributed by atoms with E-state index in [1.54, 1.807) is 56.1 Å². The van der Waals surface area contributed by atoms with Gasteiger partial charge in [0.05, 0.1) is 46.8 Å². The normalized spacial score (nSPS) is 22.3. The molecule has 6 atom stereocenters. The van der Waals surface area contributed by atoms with Gasteiger partial charge in [0, 0.05) is 74.9 Å².